The first kappa shape index (κ1) is 15.4. The molecular formula is C10H19N3O4. The maximum Gasteiger partial charge on any atom is 0.326 e. The summed E-state index contributed by atoms with van der Waals surface area (Å²) >= 11 is 0. The van der Waals surface area contributed by atoms with Crippen LogP contribution in [-0.4, -0.2) is 41.0 Å². The lowest BCUT2D eigenvalue weighted by molar-refractivity contribution is -0.143. The summed E-state index contributed by atoms with van der Waals surface area (Å²) in [5, 5.41) is 13.9. The topological polar surface area (TPSA) is 122 Å². The molecule has 0 aliphatic carbocycles. The van der Waals surface area contributed by atoms with Crippen molar-refractivity contribution in [1.29, 1.82) is 0 Å². The number of aliphatic carboxylic acids is 1. The van der Waals surface area contributed by atoms with E-state index >= 15 is 0 Å². The molecule has 0 aliphatic heterocycles. The van der Waals surface area contributed by atoms with E-state index in [1.165, 1.54) is 0 Å². The van der Waals surface area contributed by atoms with Gasteiger partial charge in [-0.25, -0.2) is 4.79 Å². The molecule has 0 aliphatic rings. The molecule has 0 aromatic carbocycles. The van der Waals surface area contributed by atoms with Crippen LogP contribution in [0.4, 0.5) is 0 Å². The summed E-state index contributed by atoms with van der Waals surface area (Å²) in [5.41, 5.74) is 4.63. The first-order chi connectivity index (χ1) is 7.61. The van der Waals surface area contributed by atoms with Gasteiger partial charge < -0.3 is 21.5 Å². The fraction of sp³-hybridized carbons (Fsp3) is 0.700. The van der Waals surface area contributed by atoms with Crippen molar-refractivity contribution in [3.63, 3.8) is 0 Å². The molecule has 0 rings (SSSR count). The molecule has 98 valence electrons. The van der Waals surface area contributed by atoms with E-state index < -0.39 is 30.2 Å². The Morgan fingerprint density at radius 1 is 1.29 bits per heavy atom. The fourth-order valence-electron chi connectivity index (χ4n) is 0.992. The van der Waals surface area contributed by atoms with Gasteiger partial charge in [-0.2, -0.15) is 0 Å². The monoisotopic (exact) mass is 245 g/mol. The Hall–Kier alpha value is -1.63. The third kappa shape index (κ3) is 8.21. The van der Waals surface area contributed by atoms with Crippen LogP contribution in [0.2, 0.25) is 0 Å². The van der Waals surface area contributed by atoms with Crippen LogP contribution in [0.15, 0.2) is 0 Å². The number of carbonyl (C=O) groups is 3. The maximum absolute atomic E-state index is 11.4. The first-order valence-electron chi connectivity index (χ1n) is 5.17. The van der Waals surface area contributed by atoms with E-state index in [-0.39, 0.29) is 12.1 Å². The number of nitrogens with one attached hydrogen (secondary N) is 2. The zero-order valence-corrected chi connectivity index (χ0v) is 10.2. The molecule has 0 bridgehead atoms. The van der Waals surface area contributed by atoms with Gasteiger partial charge in [0.05, 0.1) is 13.0 Å². The van der Waals surface area contributed by atoms with Crippen LogP contribution in [0, 0.1) is 0 Å². The molecular weight excluding hydrogens is 226 g/mol. The molecule has 0 aromatic heterocycles. The van der Waals surface area contributed by atoms with Gasteiger partial charge in [-0.15, -0.1) is 0 Å². The lowest BCUT2D eigenvalue weighted by Gasteiger charge is -2.21. The lowest BCUT2D eigenvalue weighted by Crippen LogP contribution is -2.49. The SMILES string of the molecule is CC(C)(C)NCC(=O)N[C@H](CC(N)=O)C(=O)O. The third-order valence-electron chi connectivity index (χ3n) is 1.82. The molecule has 17 heavy (non-hydrogen) atoms. The van der Waals surface area contributed by atoms with Gasteiger partial charge in [0.25, 0.3) is 0 Å². The average molecular weight is 245 g/mol. The lowest BCUT2D eigenvalue weighted by atomic mass is 10.1. The van der Waals surface area contributed by atoms with Crippen molar-refractivity contribution in [3.8, 4) is 0 Å². The van der Waals surface area contributed by atoms with Crippen molar-refractivity contribution in [2.45, 2.75) is 38.8 Å². The summed E-state index contributed by atoms with van der Waals surface area (Å²) in [6.07, 6.45) is -0.420. The molecule has 1 atom stereocenters. The van der Waals surface area contributed by atoms with Crippen LogP contribution < -0.4 is 16.4 Å². The number of nitrogens with two attached hydrogens (primary N) is 1. The molecule has 0 radical (unpaired) electrons. The quantitative estimate of drug-likeness (QED) is 0.469. The summed E-state index contributed by atoms with van der Waals surface area (Å²) in [6, 6.07) is -1.28. The van der Waals surface area contributed by atoms with Crippen LogP contribution in [0.3, 0.4) is 0 Å². The molecule has 7 nitrogen and oxygen atoms in total. The predicted molar refractivity (Wildman–Crippen MR) is 61.1 cm³/mol. The van der Waals surface area contributed by atoms with Crippen LogP contribution in [0.1, 0.15) is 27.2 Å². The Balaban J connectivity index is 4.22. The van der Waals surface area contributed by atoms with Crippen molar-refractivity contribution < 1.29 is 19.5 Å². The molecule has 5 N–H and O–H groups in total. The number of rotatable bonds is 6. The highest BCUT2D eigenvalue weighted by molar-refractivity contribution is 5.88. The van der Waals surface area contributed by atoms with Crippen LogP contribution >= 0.6 is 0 Å². The van der Waals surface area contributed by atoms with E-state index in [0.29, 0.717) is 0 Å². The van der Waals surface area contributed by atoms with E-state index in [4.69, 9.17) is 10.8 Å². The average Bonchev–Trinajstić information content (AvgIpc) is 2.11. The number of carboxylic acids is 1. The first-order valence-corrected chi connectivity index (χ1v) is 5.17. The van der Waals surface area contributed by atoms with Gasteiger partial charge in [-0.05, 0) is 20.8 Å². The van der Waals surface area contributed by atoms with E-state index in [1.807, 2.05) is 20.8 Å². The van der Waals surface area contributed by atoms with Crippen molar-refractivity contribution in [1.82, 2.24) is 10.6 Å². The van der Waals surface area contributed by atoms with Crippen LogP contribution in [0.5, 0.6) is 0 Å². The van der Waals surface area contributed by atoms with Gasteiger partial charge in [-0.1, -0.05) is 0 Å². The molecule has 2 amide bonds. The molecule has 7 heteroatoms. The summed E-state index contributed by atoms with van der Waals surface area (Å²) in [4.78, 5) is 32.7. The standard InChI is InChI=1S/C10H19N3O4/c1-10(2,3)12-5-8(15)13-6(9(16)17)4-7(11)14/h6,12H,4-5H2,1-3H3,(H2,11,14)(H,13,15)(H,16,17)/t6-/m1/s1. The Bertz CT molecular complexity index is 309. The Morgan fingerprint density at radius 3 is 2.18 bits per heavy atom. The third-order valence-corrected chi connectivity index (χ3v) is 1.82. The van der Waals surface area contributed by atoms with E-state index in [2.05, 4.69) is 10.6 Å². The molecule has 0 saturated heterocycles. The van der Waals surface area contributed by atoms with Crippen LogP contribution in [-0.2, 0) is 14.4 Å². The van der Waals surface area contributed by atoms with Crippen molar-refractivity contribution in [2.75, 3.05) is 6.54 Å². The van der Waals surface area contributed by atoms with Gasteiger partial charge >= 0.3 is 5.97 Å². The number of carboxylic acid groups (broad SMARTS) is 1. The second-order valence-corrected chi connectivity index (χ2v) is 4.73. The molecule has 0 spiro atoms. The smallest absolute Gasteiger partial charge is 0.326 e. The second kappa shape index (κ2) is 6.19. The number of carbonyl (C=O) groups excluding carboxylic acids is 2. The fourth-order valence-corrected chi connectivity index (χ4v) is 0.992. The maximum atomic E-state index is 11.4. The zero-order chi connectivity index (χ0) is 13.6. The summed E-state index contributed by atoms with van der Waals surface area (Å²) in [5.74, 6) is -2.55. The van der Waals surface area contributed by atoms with Crippen molar-refractivity contribution in [2.24, 2.45) is 5.73 Å². The number of amides is 2. The van der Waals surface area contributed by atoms with E-state index in [0.717, 1.165) is 0 Å². The highest BCUT2D eigenvalue weighted by Gasteiger charge is 2.22. The summed E-state index contributed by atoms with van der Waals surface area (Å²) in [7, 11) is 0. The number of hydrogen-bond acceptors (Lipinski definition) is 4. The van der Waals surface area contributed by atoms with E-state index in [1.54, 1.807) is 0 Å². The minimum Gasteiger partial charge on any atom is -0.480 e. The Labute approximate surface area is 99.7 Å². The van der Waals surface area contributed by atoms with E-state index in [9.17, 15) is 14.4 Å². The minimum atomic E-state index is -1.28. The van der Waals surface area contributed by atoms with Gasteiger partial charge in [0.15, 0.2) is 0 Å². The van der Waals surface area contributed by atoms with Gasteiger partial charge in [0, 0.05) is 5.54 Å². The van der Waals surface area contributed by atoms with Crippen molar-refractivity contribution >= 4 is 17.8 Å². The largest absolute Gasteiger partial charge is 0.480 e. The Kier molecular flexibility index (Phi) is 5.60. The molecule has 0 aromatic rings. The molecule has 0 fully saturated rings. The molecule has 0 saturated carbocycles. The zero-order valence-electron chi connectivity index (χ0n) is 10.2. The summed E-state index contributed by atoms with van der Waals surface area (Å²) in [6.45, 7) is 5.60. The summed E-state index contributed by atoms with van der Waals surface area (Å²) < 4.78 is 0. The van der Waals surface area contributed by atoms with Crippen molar-refractivity contribution in [3.05, 3.63) is 0 Å². The van der Waals surface area contributed by atoms with Gasteiger partial charge in [0.2, 0.25) is 11.8 Å². The van der Waals surface area contributed by atoms with Gasteiger partial charge in [0.1, 0.15) is 6.04 Å². The minimum absolute atomic E-state index is 0.0218. The van der Waals surface area contributed by atoms with Crippen LogP contribution in [0.25, 0.3) is 0 Å². The number of primary amides is 1. The number of hydrogen-bond donors (Lipinski definition) is 4. The molecule has 0 unspecified atom stereocenters. The molecule has 0 heterocycles. The normalized spacial score (nSPS) is 12.9. The highest BCUT2D eigenvalue weighted by Crippen LogP contribution is 1.97. The predicted octanol–water partition coefficient (Wildman–Crippen LogP) is -1.18. The Morgan fingerprint density at radius 2 is 1.82 bits per heavy atom. The van der Waals surface area contributed by atoms with Gasteiger partial charge in [-0.3, -0.25) is 9.59 Å². The second-order valence-electron chi connectivity index (χ2n) is 4.73. The highest BCUT2D eigenvalue weighted by atomic mass is 16.4.